The summed E-state index contributed by atoms with van der Waals surface area (Å²) < 4.78 is 52.8. The van der Waals surface area contributed by atoms with Crippen molar-refractivity contribution in [1.29, 1.82) is 0 Å². The first-order chi connectivity index (χ1) is 30.4. The highest BCUT2D eigenvalue weighted by atomic mass is 19.1. The summed E-state index contributed by atoms with van der Waals surface area (Å²) >= 11 is 0. The number of hydrogen-bond acceptors (Lipinski definition) is 2. The molecule has 10 rings (SSSR count). The third kappa shape index (κ3) is 6.57. The maximum atomic E-state index is 13.9. The van der Waals surface area contributed by atoms with Gasteiger partial charge in [0.1, 0.15) is 5.82 Å². The minimum atomic E-state index is -0.271. The highest BCUT2D eigenvalue weighted by molar-refractivity contribution is 6.10. The molecule has 0 radical (unpaired) electrons. The molecular formula is C54H38FN3. The summed E-state index contributed by atoms with van der Waals surface area (Å²) in [4.78, 5) is 4.02. The van der Waals surface area contributed by atoms with E-state index in [9.17, 15) is 7.13 Å². The largest absolute Gasteiger partial charge is 0.311 e. The molecule has 0 aliphatic carbocycles. The summed E-state index contributed by atoms with van der Waals surface area (Å²) in [5.74, 6) is -0.271. The van der Waals surface area contributed by atoms with Crippen molar-refractivity contribution in [1.82, 2.24) is 4.57 Å². The lowest BCUT2D eigenvalue weighted by molar-refractivity contribution is 0.627. The number of halogens is 1. The molecule has 0 bridgehead atoms. The van der Waals surface area contributed by atoms with Gasteiger partial charge in [-0.05, 0) is 131 Å². The van der Waals surface area contributed by atoms with Crippen molar-refractivity contribution >= 4 is 55.9 Å². The van der Waals surface area contributed by atoms with Crippen LogP contribution in [0.2, 0.25) is 0 Å². The van der Waals surface area contributed by atoms with Gasteiger partial charge in [-0.3, -0.25) is 0 Å². The Morgan fingerprint density at radius 1 is 0.345 bits per heavy atom. The number of anilines is 6. The molecule has 0 aliphatic heterocycles. The monoisotopic (exact) mass is 751 g/mol. The summed E-state index contributed by atoms with van der Waals surface area (Å²) in [6, 6.07) is 66.2. The summed E-state index contributed by atoms with van der Waals surface area (Å²) in [5, 5.41) is 2.19. The molecule has 1 heterocycles. The summed E-state index contributed by atoms with van der Waals surface area (Å²) in [5.41, 5.74) is 10.4. The van der Waals surface area contributed by atoms with Crippen LogP contribution >= 0.6 is 0 Å². The van der Waals surface area contributed by atoms with Crippen molar-refractivity contribution in [2.45, 2.75) is 0 Å². The Morgan fingerprint density at radius 2 is 0.776 bits per heavy atom. The molecule has 1 aromatic heterocycles. The second kappa shape index (κ2) is 15.1. The van der Waals surface area contributed by atoms with E-state index in [0.29, 0.717) is 5.56 Å². The van der Waals surface area contributed by atoms with Crippen LogP contribution in [0.4, 0.5) is 38.5 Å². The second-order valence-electron chi connectivity index (χ2n) is 14.1. The molecule has 58 heavy (non-hydrogen) atoms. The van der Waals surface area contributed by atoms with Crippen molar-refractivity contribution in [2.24, 2.45) is 0 Å². The van der Waals surface area contributed by atoms with E-state index in [1.807, 2.05) is 127 Å². The average molecular weight is 752 g/mol. The van der Waals surface area contributed by atoms with Gasteiger partial charge >= 0.3 is 0 Å². The summed E-state index contributed by atoms with van der Waals surface area (Å²) in [6.45, 7) is 0. The molecule has 4 heteroatoms. The molecular weight excluding hydrogens is 710 g/mol. The molecule has 276 valence electrons. The lowest BCUT2D eigenvalue weighted by atomic mass is 9.99. The zero-order chi connectivity index (χ0) is 42.3. The fraction of sp³-hybridized carbons (Fsp3) is 0. The van der Waals surface area contributed by atoms with Crippen LogP contribution in [0, 0.1) is 5.82 Å². The van der Waals surface area contributed by atoms with Gasteiger partial charge in [0.05, 0.1) is 16.5 Å². The van der Waals surface area contributed by atoms with Crippen molar-refractivity contribution in [3.05, 3.63) is 236 Å². The van der Waals surface area contributed by atoms with Crippen LogP contribution in [0.1, 0.15) is 5.48 Å². The molecule has 0 unspecified atom stereocenters. The van der Waals surface area contributed by atoms with Crippen LogP contribution in [-0.2, 0) is 0 Å². The SMILES string of the molecule is [2H]c1c([2H])c(N(c2ccccc2)c2ccccc2)c([2H])c([2H])c1-c1ccc(-c2ccc(N(c3ccccc3)c3ccc4c(c3)c3ccccc3n4-c3ccc(F)cc3)cc2)cc1. The van der Waals surface area contributed by atoms with Gasteiger partial charge < -0.3 is 14.4 Å². The van der Waals surface area contributed by atoms with E-state index in [1.54, 1.807) is 4.90 Å². The average Bonchev–Trinajstić information content (AvgIpc) is 3.65. The van der Waals surface area contributed by atoms with E-state index >= 15 is 0 Å². The van der Waals surface area contributed by atoms with Gasteiger partial charge in [-0.1, -0.05) is 121 Å². The van der Waals surface area contributed by atoms with E-state index in [1.165, 1.54) is 12.1 Å². The first-order valence-electron chi connectivity index (χ1n) is 21.2. The maximum Gasteiger partial charge on any atom is 0.123 e. The molecule has 0 saturated heterocycles. The van der Waals surface area contributed by atoms with E-state index in [4.69, 9.17) is 2.74 Å². The standard InChI is InChI=1S/C54H38FN3/c55-43-28-34-49(35-29-43)58-53-19-11-10-18-51(53)52-38-50(36-37-54(52)58)57(46-16-8-3-9-17-46)48-32-26-42(27-33-48)40-22-20-39(21-23-40)41-24-30-47(31-25-41)56(44-12-4-1-5-13-44)45-14-6-2-7-15-45/h1-38H/i24D,25D,30D,31D. The number of hydrogen-bond donors (Lipinski definition) is 0. The minimum absolute atomic E-state index is 0.103. The molecule has 0 N–H and O–H groups in total. The van der Waals surface area contributed by atoms with Crippen LogP contribution in [-0.4, -0.2) is 4.57 Å². The third-order valence-electron chi connectivity index (χ3n) is 10.5. The van der Waals surface area contributed by atoms with E-state index in [2.05, 4.69) is 76.2 Å². The molecule has 0 atom stereocenters. The zero-order valence-corrected chi connectivity index (χ0v) is 31.3. The highest BCUT2D eigenvalue weighted by Crippen LogP contribution is 2.41. The number of fused-ring (bicyclic) bond motifs is 3. The van der Waals surface area contributed by atoms with E-state index in [-0.39, 0.29) is 41.2 Å². The van der Waals surface area contributed by atoms with Crippen LogP contribution in [0.3, 0.4) is 0 Å². The van der Waals surface area contributed by atoms with Crippen molar-refractivity contribution in [3.8, 4) is 27.9 Å². The Kier molecular flexibility index (Phi) is 7.94. The van der Waals surface area contributed by atoms with Crippen LogP contribution < -0.4 is 9.80 Å². The van der Waals surface area contributed by atoms with Gasteiger partial charge in [-0.25, -0.2) is 4.39 Å². The van der Waals surface area contributed by atoms with Crippen LogP contribution in [0.15, 0.2) is 230 Å². The predicted molar refractivity (Wildman–Crippen MR) is 241 cm³/mol. The van der Waals surface area contributed by atoms with Gasteiger partial charge in [0.25, 0.3) is 0 Å². The molecule has 0 spiro atoms. The lowest BCUT2D eigenvalue weighted by Gasteiger charge is -2.26. The highest BCUT2D eigenvalue weighted by Gasteiger charge is 2.18. The quantitative estimate of drug-likeness (QED) is 0.145. The third-order valence-corrected chi connectivity index (χ3v) is 10.5. The molecule has 0 aliphatic rings. The van der Waals surface area contributed by atoms with E-state index < -0.39 is 0 Å². The molecule has 0 amide bonds. The summed E-state index contributed by atoms with van der Waals surface area (Å²) in [6.07, 6.45) is 0. The first kappa shape index (κ1) is 30.5. The second-order valence-corrected chi connectivity index (χ2v) is 14.1. The van der Waals surface area contributed by atoms with Crippen molar-refractivity contribution in [3.63, 3.8) is 0 Å². The molecule has 0 fully saturated rings. The van der Waals surface area contributed by atoms with E-state index in [0.717, 1.165) is 67.1 Å². The maximum absolute atomic E-state index is 13.9. The van der Waals surface area contributed by atoms with Crippen molar-refractivity contribution in [2.75, 3.05) is 9.80 Å². The lowest BCUT2D eigenvalue weighted by Crippen LogP contribution is -2.09. The molecule has 0 saturated carbocycles. The Bertz CT molecular complexity index is 3140. The van der Waals surface area contributed by atoms with Gasteiger partial charge in [-0.2, -0.15) is 0 Å². The number of nitrogens with zero attached hydrogens (tertiary/aromatic N) is 3. The van der Waals surface area contributed by atoms with Gasteiger partial charge in [0.15, 0.2) is 0 Å². The number of rotatable bonds is 9. The van der Waals surface area contributed by atoms with Crippen molar-refractivity contribution < 1.29 is 9.87 Å². The minimum Gasteiger partial charge on any atom is -0.311 e. The molecule has 9 aromatic carbocycles. The fourth-order valence-electron chi connectivity index (χ4n) is 7.75. The van der Waals surface area contributed by atoms with Gasteiger partial charge in [-0.15, -0.1) is 0 Å². The normalized spacial score (nSPS) is 12.2. The number of para-hydroxylation sites is 4. The smallest absolute Gasteiger partial charge is 0.123 e. The van der Waals surface area contributed by atoms with Crippen LogP contribution in [0.25, 0.3) is 49.7 Å². The number of aromatic nitrogens is 1. The predicted octanol–water partition coefficient (Wildman–Crippen LogP) is 15.2. The topological polar surface area (TPSA) is 11.4 Å². The molecule has 3 nitrogen and oxygen atoms in total. The van der Waals surface area contributed by atoms with Gasteiger partial charge in [0.2, 0.25) is 0 Å². The Labute approximate surface area is 343 Å². The Morgan fingerprint density at radius 3 is 1.34 bits per heavy atom. The molecule has 10 aromatic rings. The zero-order valence-electron chi connectivity index (χ0n) is 35.3. The van der Waals surface area contributed by atoms with Crippen LogP contribution in [0.5, 0.6) is 0 Å². The Balaban J connectivity index is 0.990. The first-order valence-corrected chi connectivity index (χ1v) is 19.2. The Hall–Kier alpha value is -7.69. The number of benzene rings is 9. The van der Waals surface area contributed by atoms with Gasteiger partial charge in [0, 0.05) is 50.6 Å². The fourth-order valence-corrected chi connectivity index (χ4v) is 7.75. The summed E-state index contributed by atoms with van der Waals surface area (Å²) in [7, 11) is 0.